The first kappa shape index (κ1) is 15.4. The first-order chi connectivity index (χ1) is 8.89. The third kappa shape index (κ3) is 6.73. The molecule has 1 unspecified atom stereocenters. The molecule has 8 heteroatoms. The van der Waals surface area contributed by atoms with Crippen molar-refractivity contribution in [3.8, 4) is 0 Å². The van der Waals surface area contributed by atoms with Crippen molar-refractivity contribution in [3.05, 3.63) is 16.6 Å². The summed E-state index contributed by atoms with van der Waals surface area (Å²) in [6.45, 7) is 1.66. The van der Waals surface area contributed by atoms with Crippen LogP contribution in [0.15, 0.2) is 10.9 Å². The highest BCUT2D eigenvalue weighted by atomic mass is 32.1. The molecule has 0 bridgehead atoms. The molecule has 19 heavy (non-hydrogen) atoms. The van der Waals surface area contributed by atoms with E-state index in [0.717, 1.165) is 5.69 Å². The zero-order valence-corrected chi connectivity index (χ0v) is 11.4. The summed E-state index contributed by atoms with van der Waals surface area (Å²) in [5.74, 6) is -1.12. The van der Waals surface area contributed by atoms with Crippen molar-refractivity contribution < 1.29 is 19.8 Å². The van der Waals surface area contributed by atoms with Gasteiger partial charge >= 0.3 is 12.0 Å². The molecule has 0 aliphatic heterocycles. The molecule has 0 saturated heterocycles. The maximum atomic E-state index is 11.4. The summed E-state index contributed by atoms with van der Waals surface area (Å²) in [6.07, 6.45) is 0.203. The highest BCUT2D eigenvalue weighted by Crippen LogP contribution is 2.07. The minimum absolute atomic E-state index is 0.123. The fraction of sp³-hybridized carbons (Fsp3) is 0.545. The SMILES string of the molecule is CC(O)(CNC(=O)NCCc1cscn1)CC(=O)O. The highest BCUT2D eigenvalue weighted by Gasteiger charge is 2.24. The van der Waals surface area contributed by atoms with Gasteiger partial charge in [-0.25, -0.2) is 9.78 Å². The summed E-state index contributed by atoms with van der Waals surface area (Å²) < 4.78 is 0. The van der Waals surface area contributed by atoms with E-state index < -0.39 is 24.0 Å². The van der Waals surface area contributed by atoms with Crippen molar-refractivity contribution >= 4 is 23.3 Å². The Labute approximate surface area is 114 Å². The lowest BCUT2D eigenvalue weighted by Gasteiger charge is -2.21. The number of rotatable bonds is 7. The van der Waals surface area contributed by atoms with Crippen LogP contribution in [0, 0.1) is 0 Å². The van der Waals surface area contributed by atoms with Gasteiger partial charge in [-0.15, -0.1) is 11.3 Å². The Kier molecular flexibility index (Phi) is 5.71. The van der Waals surface area contributed by atoms with Gasteiger partial charge in [0.25, 0.3) is 0 Å². The lowest BCUT2D eigenvalue weighted by molar-refractivity contribution is -0.141. The van der Waals surface area contributed by atoms with E-state index in [2.05, 4.69) is 15.6 Å². The van der Waals surface area contributed by atoms with Crippen LogP contribution in [-0.2, 0) is 11.2 Å². The summed E-state index contributed by atoms with van der Waals surface area (Å²) in [6, 6.07) is -0.444. The number of carbonyl (C=O) groups excluding carboxylic acids is 1. The largest absolute Gasteiger partial charge is 0.481 e. The second-order valence-electron chi connectivity index (χ2n) is 4.41. The standard InChI is InChI=1S/C11H17N3O4S/c1-11(18,4-9(15)16)6-13-10(17)12-3-2-8-5-19-7-14-8/h5,7,18H,2-4,6H2,1H3,(H,15,16)(H2,12,13,17). The number of urea groups is 1. The van der Waals surface area contributed by atoms with Crippen LogP contribution in [0.25, 0.3) is 0 Å². The third-order valence-electron chi connectivity index (χ3n) is 2.31. The van der Waals surface area contributed by atoms with Gasteiger partial charge in [0.15, 0.2) is 0 Å². The molecule has 1 heterocycles. The number of amides is 2. The van der Waals surface area contributed by atoms with Gasteiger partial charge in [-0.05, 0) is 6.92 Å². The van der Waals surface area contributed by atoms with Crippen molar-refractivity contribution in [1.29, 1.82) is 0 Å². The lowest BCUT2D eigenvalue weighted by atomic mass is 10.0. The molecule has 0 saturated carbocycles. The molecule has 106 valence electrons. The molecule has 1 rings (SSSR count). The monoisotopic (exact) mass is 287 g/mol. The average Bonchev–Trinajstić information content (AvgIpc) is 2.78. The minimum Gasteiger partial charge on any atom is -0.481 e. The molecule has 0 aromatic carbocycles. The zero-order valence-electron chi connectivity index (χ0n) is 10.5. The van der Waals surface area contributed by atoms with E-state index in [0.29, 0.717) is 13.0 Å². The van der Waals surface area contributed by atoms with Crippen LogP contribution in [0.2, 0.25) is 0 Å². The Bertz CT molecular complexity index is 420. The van der Waals surface area contributed by atoms with Crippen LogP contribution in [0.4, 0.5) is 4.79 Å². The van der Waals surface area contributed by atoms with E-state index in [9.17, 15) is 14.7 Å². The van der Waals surface area contributed by atoms with Crippen LogP contribution in [0.3, 0.4) is 0 Å². The predicted molar refractivity (Wildman–Crippen MR) is 70.1 cm³/mol. The first-order valence-electron chi connectivity index (χ1n) is 5.72. The number of carboxylic acid groups (broad SMARTS) is 1. The molecule has 0 spiro atoms. The molecule has 0 aliphatic rings. The van der Waals surface area contributed by atoms with Gasteiger partial charge in [0.1, 0.15) is 0 Å². The molecule has 4 N–H and O–H groups in total. The molecule has 2 amide bonds. The van der Waals surface area contributed by atoms with Crippen LogP contribution in [0.5, 0.6) is 0 Å². The zero-order chi connectivity index (χ0) is 14.3. The number of nitrogens with zero attached hydrogens (tertiary/aromatic N) is 1. The van der Waals surface area contributed by atoms with Crippen LogP contribution in [0.1, 0.15) is 19.0 Å². The maximum absolute atomic E-state index is 11.4. The van der Waals surface area contributed by atoms with Gasteiger partial charge < -0.3 is 20.8 Å². The second-order valence-corrected chi connectivity index (χ2v) is 5.13. The summed E-state index contributed by atoms with van der Waals surface area (Å²) in [5.41, 5.74) is 1.17. The number of carbonyl (C=O) groups is 2. The van der Waals surface area contributed by atoms with Crippen LogP contribution >= 0.6 is 11.3 Å². The number of nitrogens with one attached hydrogen (secondary N) is 2. The number of carboxylic acids is 1. The van der Waals surface area contributed by atoms with E-state index in [1.165, 1.54) is 18.3 Å². The Balaban J connectivity index is 2.18. The molecule has 7 nitrogen and oxygen atoms in total. The predicted octanol–water partition coefficient (Wildman–Crippen LogP) is 0.210. The number of aromatic nitrogens is 1. The van der Waals surface area contributed by atoms with Crippen molar-refractivity contribution in [2.75, 3.05) is 13.1 Å². The molecule has 1 atom stereocenters. The van der Waals surface area contributed by atoms with Crippen molar-refractivity contribution in [1.82, 2.24) is 15.6 Å². The molecule has 0 fully saturated rings. The van der Waals surface area contributed by atoms with E-state index in [-0.39, 0.29) is 6.54 Å². The van der Waals surface area contributed by atoms with Gasteiger partial charge in [-0.2, -0.15) is 0 Å². The van der Waals surface area contributed by atoms with Gasteiger partial charge in [-0.1, -0.05) is 0 Å². The average molecular weight is 287 g/mol. The third-order valence-corrected chi connectivity index (χ3v) is 2.95. The summed E-state index contributed by atoms with van der Waals surface area (Å²) >= 11 is 1.49. The lowest BCUT2D eigenvalue weighted by Crippen LogP contribution is -2.46. The second kappa shape index (κ2) is 7.05. The van der Waals surface area contributed by atoms with Gasteiger partial charge in [0.2, 0.25) is 0 Å². The number of aliphatic carboxylic acids is 1. The van der Waals surface area contributed by atoms with E-state index in [4.69, 9.17) is 5.11 Å². The fourth-order valence-electron chi connectivity index (χ4n) is 1.39. The smallest absolute Gasteiger partial charge is 0.314 e. The quantitative estimate of drug-likeness (QED) is 0.573. The molecular weight excluding hydrogens is 270 g/mol. The Hall–Kier alpha value is -1.67. The number of aliphatic hydroxyl groups is 1. The minimum atomic E-state index is -1.46. The van der Waals surface area contributed by atoms with Crippen molar-refractivity contribution in [3.63, 3.8) is 0 Å². The van der Waals surface area contributed by atoms with Crippen molar-refractivity contribution in [2.45, 2.75) is 25.4 Å². The normalized spacial score (nSPS) is 13.6. The van der Waals surface area contributed by atoms with Crippen LogP contribution in [-0.4, -0.2) is 45.9 Å². The first-order valence-corrected chi connectivity index (χ1v) is 6.66. The summed E-state index contributed by atoms with van der Waals surface area (Å²) in [4.78, 5) is 25.9. The molecule has 0 radical (unpaired) electrons. The van der Waals surface area contributed by atoms with Gasteiger partial charge in [-0.3, -0.25) is 4.79 Å². The molecule has 1 aromatic rings. The fourth-order valence-corrected chi connectivity index (χ4v) is 1.98. The summed E-state index contributed by atoms with van der Waals surface area (Å²) in [7, 11) is 0. The number of hydrogen-bond acceptors (Lipinski definition) is 5. The van der Waals surface area contributed by atoms with Gasteiger partial charge in [0.05, 0.1) is 23.2 Å². The Morgan fingerprint density at radius 1 is 1.47 bits per heavy atom. The Morgan fingerprint density at radius 2 is 2.21 bits per heavy atom. The number of thiazole rings is 1. The summed E-state index contributed by atoms with van der Waals surface area (Å²) in [5, 5.41) is 25.2. The molecule has 1 aromatic heterocycles. The molecule has 0 aliphatic carbocycles. The molecular formula is C11H17N3O4S. The van der Waals surface area contributed by atoms with Crippen LogP contribution < -0.4 is 10.6 Å². The van der Waals surface area contributed by atoms with Crippen molar-refractivity contribution in [2.24, 2.45) is 0 Å². The topological polar surface area (TPSA) is 112 Å². The number of hydrogen-bond donors (Lipinski definition) is 4. The maximum Gasteiger partial charge on any atom is 0.314 e. The van der Waals surface area contributed by atoms with Gasteiger partial charge in [0, 0.05) is 24.9 Å². The van der Waals surface area contributed by atoms with E-state index >= 15 is 0 Å². The van der Waals surface area contributed by atoms with E-state index in [1.54, 1.807) is 5.51 Å². The highest BCUT2D eigenvalue weighted by molar-refractivity contribution is 7.07. The Morgan fingerprint density at radius 3 is 2.79 bits per heavy atom. The van der Waals surface area contributed by atoms with E-state index in [1.807, 2.05) is 5.38 Å².